The molecule has 0 amide bonds. The van der Waals surface area contributed by atoms with Crippen molar-refractivity contribution in [3.63, 3.8) is 0 Å². The number of likely N-dealkylation sites (N-methyl/N-ethyl adjacent to an activating group) is 1. The molecule has 1 fully saturated rings. The summed E-state index contributed by atoms with van der Waals surface area (Å²) in [5, 5.41) is 15.9. The summed E-state index contributed by atoms with van der Waals surface area (Å²) in [7, 11) is 2.07. The topological polar surface area (TPSA) is 98.9 Å². The summed E-state index contributed by atoms with van der Waals surface area (Å²) in [5.41, 5.74) is 1.57. The van der Waals surface area contributed by atoms with Crippen LogP contribution >= 0.6 is 0 Å². The Balaban J connectivity index is 0.000000438. The van der Waals surface area contributed by atoms with Crippen molar-refractivity contribution in [2.24, 2.45) is 0 Å². The van der Waals surface area contributed by atoms with Gasteiger partial charge < -0.3 is 24.8 Å². The van der Waals surface area contributed by atoms with Gasteiger partial charge >= 0.3 is 0 Å². The van der Waals surface area contributed by atoms with Gasteiger partial charge in [0, 0.05) is 44.0 Å². The number of halogens is 1. The maximum Gasteiger partial charge on any atom is 0.258 e. The average molecular weight is 406 g/mol. The molecule has 0 radical (unpaired) electrons. The normalized spacial score (nSPS) is 15.4. The lowest BCUT2D eigenvalue weighted by Crippen LogP contribution is -2.44. The summed E-state index contributed by atoms with van der Waals surface area (Å²) in [6, 6.07) is 6.40. The lowest BCUT2D eigenvalue weighted by Gasteiger charge is -2.34. The molecule has 0 bridgehead atoms. The first-order valence-electron chi connectivity index (χ1n) is 9.31. The van der Waals surface area contributed by atoms with Crippen LogP contribution in [0.15, 0.2) is 29.1 Å². The maximum absolute atomic E-state index is 14.6. The molecule has 1 aromatic carbocycles. The van der Waals surface area contributed by atoms with Crippen LogP contribution in [0.5, 0.6) is 0 Å². The van der Waals surface area contributed by atoms with Gasteiger partial charge in [-0.2, -0.15) is 0 Å². The number of nitrogens with zero attached hydrogens (tertiary/aromatic N) is 4. The lowest BCUT2D eigenvalue weighted by atomic mass is 10.2. The minimum atomic E-state index is -1.19. The number of carbonyl (C=O) groups excluding carboxylic acids is 1. The second-order valence-electron chi connectivity index (χ2n) is 6.93. The van der Waals surface area contributed by atoms with E-state index in [1.807, 2.05) is 4.90 Å². The Hall–Kier alpha value is -2.62. The summed E-state index contributed by atoms with van der Waals surface area (Å²) in [6.07, 6.45) is -0.912. The van der Waals surface area contributed by atoms with E-state index in [0.29, 0.717) is 22.9 Å². The molecule has 158 valence electrons. The molecule has 29 heavy (non-hydrogen) atoms. The van der Waals surface area contributed by atoms with Crippen molar-refractivity contribution in [2.75, 3.05) is 44.7 Å². The van der Waals surface area contributed by atoms with Gasteiger partial charge in [-0.1, -0.05) is 0 Å². The van der Waals surface area contributed by atoms with Crippen molar-refractivity contribution < 1.29 is 19.4 Å². The van der Waals surface area contributed by atoms with Crippen LogP contribution in [0.1, 0.15) is 11.5 Å². The highest BCUT2D eigenvalue weighted by atomic mass is 19.1. The first kappa shape index (κ1) is 22.7. The van der Waals surface area contributed by atoms with E-state index >= 15 is 0 Å². The molecular formula is C20H27FN4O4. The van der Waals surface area contributed by atoms with Gasteiger partial charge in [0.05, 0.1) is 18.0 Å². The van der Waals surface area contributed by atoms with E-state index in [-0.39, 0.29) is 17.7 Å². The molecule has 1 aliphatic rings. The molecule has 1 unspecified atom stereocenters. The van der Waals surface area contributed by atoms with Crippen LogP contribution in [0.2, 0.25) is 0 Å². The number of piperazine rings is 1. The van der Waals surface area contributed by atoms with Crippen molar-refractivity contribution >= 4 is 12.0 Å². The summed E-state index contributed by atoms with van der Waals surface area (Å²) in [4.78, 5) is 30.1. The fourth-order valence-electron chi connectivity index (χ4n) is 3.04. The van der Waals surface area contributed by atoms with Crippen molar-refractivity contribution in [1.29, 1.82) is 0 Å². The minimum absolute atomic E-state index is 0.193. The molecule has 0 aliphatic carbocycles. The number of aromatic nitrogens is 2. The monoisotopic (exact) mass is 406 g/mol. The van der Waals surface area contributed by atoms with E-state index in [4.69, 9.17) is 10.2 Å². The van der Waals surface area contributed by atoms with Gasteiger partial charge in [-0.05, 0) is 33.0 Å². The predicted molar refractivity (Wildman–Crippen MR) is 108 cm³/mol. The van der Waals surface area contributed by atoms with Crippen molar-refractivity contribution in [2.45, 2.75) is 20.0 Å². The molecule has 1 atom stereocenters. The number of carbonyl (C=O) groups is 1. The molecule has 3 rings (SSSR count). The Morgan fingerprint density at radius 1 is 1.21 bits per heavy atom. The molecule has 1 aromatic heterocycles. The lowest BCUT2D eigenvalue weighted by molar-refractivity contribution is -0.116. The Labute approximate surface area is 168 Å². The summed E-state index contributed by atoms with van der Waals surface area (Å²) >= 11 is 0. The molecule has 1 saturated heterocycles. The third-order valence-corrected chi connectivity index (χ3v) is 4.59. The van der Waals surface area contributed by atoms with E-state index in [0.717, 1.165) is 26.2 Å². The SMILES string of the molecule is Cc1cc(=O)n(-c2ccc(N3CCN(C)CC3)c(F)c2)c(C)n1.O=CC(O)CO. The largest absolute Gasteiger partial charge is 0.393 e. The highest BCUT2D eigenvalue weighted by molar-refractivity contribution is 5.55. The van der Waals surface area contributed by atoms with Gasteiger partial charge in [-0.3, -0.25) is 9.36 Å². The predicted octanol–water partition coefficient (Wildman–Crippen LogP) is 0.279. The van der Waals surface area contributed by atoms with Gasteiger partial charge in [-0.25, -0.2) is 9.37 Å². The fourth-order valence-corrected chi connectivity index (χ4v) is 3.04. The molecule has 2 heterocycles. The molecule has 1 aliphatic heterocycles. The zero-order valence-corrected chi connectivity index (χ0v) is 16.9. The summed E-state index contributed by atoms with van der Waals surface area (Å²) in [5.74, 6) is 0.251. The maximum atomic E-state index is 14.6. The molecule has 2 N–H and O–H groups in total. The van der Waals surface area contributed by atoms with Gasteiger partial charge in [0.25, 0.3) is 5.56 Å². The molecule has 0 saturated carbocycles. The zero-order chi connectivity index (χ0) is 21.6. The van der Waals surface area contributed by atoms with Crippen molar-refractivity contribution in [3.05, 3.63) is 52.0 Å². The first-order chi connectivity index (χ1) is 13.8. The Morgan fingerprint density at radius 2 is 1.86 bits per heavy atom. The van der Waals surface area contributed by atoms with Gasteiger partial charge in [-0.15, -0.1) is 0 Å². The molecule has 8 nitrogen and oxygen atoms in total. The first-order valence-corrected chi connectivity index (χ1v) is 9.31. The smallest absolute Gasteiger partial charge is 0.258 e. The van der Waals surface area contributed by atoms with E-state index in [1.165, 1.54) is 16.7 Å². The van der Waals surface area contributed by atoms with Crippen LogP contribution in [0, 0.1) is 19.7 Å². The van der Waals surface area contributed by atoms with Gasteiger partial charge in [0.1, 0.15) is 17.7 Å². The number of hydrogen-bond acceptors (Lipinski definition) is 7. The highest BCUT2D eigenvalue weighted by Crippen LogP contribution is 2.23. The Bertz CT molecular complexity index is 895. The number of anilines is 1. The average Bonchev–Trinajstić information content (AvgIpc) is 2.68. The number of aliphatic hydroxyl groups is 2. The van der Waals surface area contributed by atoms with Crippen LogP contribution < -0.4 is 10.5 Å². The Morgan fingerprint density at radius 3 is 2.34 bits per heavy atom. The highest BCUT2D eigenvalue weighted by Gasteiger charge is 2.18. The van der Waals surface area contributed by atoms with Crippen LogP contribution in [0.4, 0.5) is 10.1 Å². The van der Waals surface area contributed by atoms with Crippen LogP contribution in [-0.2, 0) is 4.79 Å². The zero-order valence-electron chi connectivity index (χ0n) is 16.9. The van der Waals surface area contributed by atoms with Crippen LogP contribution in [0.25, 0.3) is 5.69 Å². The number of hydrogen-bond donors (Lipinski definition) is 2. The summed E-state index contributed by atoms with van der Waals surface area (Å²) < 4.78 is 16.0. The fraction of sp³-hybridized carbons (Fsp3) is 0.450. The second kappa shape index (κ2) is 10.2. The molecular weight excluding hydrogens is 379 g/mol. The number of aldehydes is 1. The molecule has 9 heteroatoms. The number of rotatable bonds is 4. The van der Waals surface area contributed by atoms with Gasteiger partial charge in [0.15, 0.2) is 6.29 Å². The van der Waals surface area contributed by atoms with E-state index in [1.54, 1.807) is 26.0 Å². The summed E-state index contributed by atoms with van der Waals surface area (Å²) in [6.45, 7) is 6.49. The standard InChI is InChI=1S/C17H21FN4O.C3H6O3/c1-12-10-17(23)22(13(2)19-12)14-4-5-16(15(18)11-14)21-8-6-20(3)7-9-21;4-1-3(6)2-5/h4-5,10-11H,6-9H2,1-3H3;1,3,5-6H,2H2. The number of aliphatic hydroxyl groups excluding tert-OH is 2. The molecule has 0 spiro atoms. The Kier molecular flexibility index (Phi) is 8.00. The van der Waals surface area contributed by atoms with E-state index in [9.17, 15) is 14.0 Å². The van der Waals surface area contributed by atoms with Crippen LogP contribution in [0.3, 0.4) is 0 Å². The number of aryl methyl sites for hydroxylation is 2. The van der Waals surface area contributed by atoms with E-state index in [2.05, 4.69) is 16.9 Å². The third-order valence-electron chi connectivity index (χ3n) is 4.59. The molecule has 2 aromatic rings. The number of benzene rings is 1. The van der Waals surface area contributed by atoms with Crippen molar-refractivity contribution in [3.8, 4) is 5.69 Å². The van der Waals surface area contributed by atoms with Crippen LogP contribution in [-0.4, -0.2) is 76.9 Å². The quantitative estimate of drug-likeness (QED) is 0.704. The van der Waals surface area contributed by atoms with Gasteiger partial charge in [0.2, 0.25) is 0 Å². The minimum Gasteiger partial charge on any atom is -0.393 e. The second-order valence-corrected chi connectivity index (χ2v) is 6.93. The van der Waals surface area contributed by atoms with E-state index < -0.39 is 12.7 Å². The third kappa shape index (κ3) is 5.93. The van der Waals surface area contributed by atoms with Crippen molar-refractivity contribution in [1.82, 2.24) is 14.5 Å².